The van der Waals surface area contributed by atoms with E-state index in [1.165, 1.54) is 18.4 Å². The van der Waals surface area contributed by atoms with Crippen LogP contribution in [0.5, 0.6) is 0 Å². The fourth-order valence-electron chi connectivity index (χ4n) is 2.06. The number of hydrogen-bond donors (Lipinski definition) is 0. The van der Waals surface area contributed by atoms with Crippen LogP contribution in [0.25, 0.3) is 0 Å². The SMILES string of the molecule is COC(=O)c1ccc(CN(C)C(=O)c2csc(C(C)C)n2)cc1. The van der Waals surface area contributed by atoms with Crippen LogP contribution in [0.1, 0.15) is 51.2 Å². The normalized spacial score (nSPS) is 10.7. The van der Waals surface area contributed by atoms with Crippen molar-refractivity contribution in [3.8, 4) is 0 Å². The first-order valence-electron chi connectivity index (χ1n) is 7.30. The molecule has 0 aliphatic carbocycles. The molecule has 0 spiro atoms. The largest absolute Gasteiger partial charge is 0.465 e. The summed E-state index contributed by atoms with van der Waals surface area (Å²) in [5.74, 6) is -0.160. The maximum atomic E-state index is 12.4. The molecule has 122 valence electrons. The molecule has 0 saturated carbocycles. The smallest absolute Gasteiger partial charge is 0.337 e. The molecule has 0 bridgehead atoms. The van der Waals surface area contributed by atoms with E-state index in [2.05, 4.69) is 23.6 Å². The molecule has 0 saturated heterocycles. The van der Waals surface area contributed by atoms with E-state index in [1.54, 1.807) is 29.5 Å². The van der Waals surface area contributed by atoms with Crippen molar-refractivity contribution in [1.29, 1.82) is 0 Å². The minimum Gasteiger partial charge on any atom is -0.465 e. The van der Waals surface area contributed by atoms with Crippen LogP contribution in [0.4, 0.5) is 0 Å². The molecule has 0 N–H and O–H groups in total. The highest BCUT2D eigenvalue weighted by Gasteiger charge is 2.17. The number of thiazole rings is 1. The van der Waals surface area contributed by atoms with Gasteiger partial charge in [-0.05, 0) is 17.7 Å². The first kappa shape index (κ1) is 17.1. The van der Waals surface area contributed by atoms with E-state index >= 15 is 0 Å². The van der Waals surface area contributed by atoms with Crippen LogP contribution in [-0.2, 0) is 11.3 Å². The molecule has 0 aliphatic rings. The van der Waals surface area contributed by atoms with Crippen LogP contribution >= 0.6 is 11.3 Å². The summed E-state index contributed by atoms with van der Waals surface area (Å²) in [4.78, 5) is 29.8. The summed E-state index contributed by atoms with van der Waals surface area (Å²) in [6.07, 6.45) is 0. The van der Waals surface area contributed by atoms with Gasteiger partial charge in [-0.25, -0.2) is 9.78 Å². The third-order valence-corrected chi connectivity index (χ3v) is 4.52. The molecule has 1 aromatic heterocycles. The quantitative estimate of drug-likeness (QED) is 0.788. The van der Waals surface area contributed by atoms with Crippen LogP contribution in [0.3, 0.4) is 0 Å². The molecule has 1 aromatic carbocycles. The number of ether oxygens (including phenoxy) is 1. The number of methoxy groups -OCH3 is 1. The predicted molar refractivity (Wildman–Crippen MR) is 89.8 cm³/mol. The Morgan fingerprint density at radius 1 is 1.26 bits per heavy atom. The molecular weight excluding hydrogens is 312 g/mol. The Morgan fingerprint density at radius 2 is 1.91 bits per heavy atom. The lowest BCUT2D eigenvalue weighted by molar-refractivity contribution is 0.0600. The van der Waals surface area contributed by atoms with E-state index in [0.29, 0.717) is 23.7 Å². The van der Waals surface area contributed by atoms with Gasteiger partial charge in [0.05, 0.1) is 17.7 Å². The molecule has 1 heterocycles. The van der Waals surface area contributed by atoms with Gasteiger partial charge in [0.15, 0.2) is 0 Å². The Morgan fingerprint density at radius 3 is 2.43 bits per heavy atom. The van der Waals surface area contributed by atoms with Gasteiger partial charge in [0.1, 0.15) is 5.69 Å². The van der Waals surface area contributed by atoms with E-state index in [4.69, 9.17) is 0 Å². The number of hydrogen-bond acceptors (Lipinski definition) is 5. The highest BCUT2D eigenvalue weighted by molar-refractivity contribution is 7.09. The van der Waals surface area contributed by atoms with Gasteiger partial charge in [0.25, 0.3) is 5.91 Å². The molecule has 1 amide bonds. The number of nitrogens with zero attached hydrogens (tertiary/aromatic N) is 2. The van der Waals surface area contributed by atoms with Gasteiger partial charge in [-0.3, -0.25) is 4.79 Å². The highest BCUT2D eigenvalue weighted by atomic mass is 32.1. The van der Waals surface area contributed by atoms with E-state index in [1.807, 2.05) is 12.1 Å². The second-order valence-corrected chi connectivity index (χ2v) is 6.47. The number of carbonyl (C=O) groups is 2. The lowest BCUT2D eigenvalue weighted by Crippen LogP contribution is -2.26. The van der Waals surface area contributed by atoms with Crippen LogP contribution in [0.2, 0.25) is 0 Å². The van der Waals surface area contributed by atoms with Crippen molar-refractivity contribution in [2.75, 3.05) is 14.2 Å². The molecule has 23 heavy (non-hydrogen) atoms. The molecule has 6 heteroatoms. The van der Waals surface area contributed by atoms with Crippen molar-refractivity contribution in [3.63, 3.8) is 0 Å². The first-order chi connectivity index (χ1) is 10.9. The fraction of sp³-hybridized carbons (Fsp3) is 0.353. The Hall–Kier alpha value is -2.21. The summed E-state index contributed by atoms with van der Waals surface area (Å²) in [5.41, 5.74) is 1.91. The molecule has 0 atom stereocenters. The van der Waals surface area contributed by atoms with Gasteiger partial charge in [-0.15, -0.1) is 11.3 Å². The topological polar surface area (TPSA) is 59.5 Å². The fourth-order valence-corrected chi connectivity index (χ4v) is 2.87. The zero-order valence-electron chi connectivity index (χ0n) is 13.7. The van der Waals surface area contributed by atoms with Gasteiger partial charge >= 0.3 is 5.97 Å². The van der Waals surface area contributed by atoms with Crippen molar-refractivity contribution in [1.82, 2.24) is 9.88 Å². The highest BCUT2D eigenvalue weighted by Crippen LogP contribution is 2.20. The van der Waals surface area contributed by atoms with Crippen molar-refractivity contribution in [2.45, 2.75) is 26.3 Å². The Kier molecular flexibility index (Phi) is 5.50. The molecule has 0 fully saturated rings. The van der Waals surface area contributed by atoms with Crippen LogP contribution in [0.15, 0.2) is 29.6 Å². The molecule has 2 aromatic rings. The Labute approximate surface area is 139 Å². The first-order valence-corrected chi connectivity index (χ1v) is 8.18. The van der Waals surface area contributed by atoms with Crippen molar-refractivity contribution < 1.29 is 14.3 Å². The maximum absolute atomic E-state index is 12.4. The van der Waals surface area contributed by atoms with Crippen molar-refractivity contribution >= 4 is 23.2 Å². The molecule has 0 aliphatic heterocycles. The number of carbonyl (C=O) groups excluding carboxylic acids is 2. The number of rotatable bonds is 5. The summed E-state index contributed by atoms with van der Waals surface area (Å²) in [6.45, 7) is 4.56. The molecule has 0 radical (unpaired) electrons. The second-order valence-electron chi connectivity index (χ2n) is 5.58. The number of amides is 1. The lowest BCUT2D eigenvalue weighted by Gasteiger charge is -2.16. The van der Waals surface area contributed by atoms with Gasteiger partial charge in [-0.2, -0.15) is 0 Å². The average molecular weight is 332 g/mol. The zero-order valence-corrected chi connectivity index (χ0v) is 14.5. The van der Waals surface area contributed by atoms with Crippen molar-refractivity contribution in [2.24, 2.45) is 0 Å². The summed E-state index contributed by atoms with van der Waals surface area (Å²) < 4.78 is 4.66. The Bertz CT molecular complexity index is 692. The molecular formula is C17H20N2O3S. The minimum absolute atomic E-state index is 0.106. The standard InChI is InChI=1S/C17H20N2O3S/c1-11(2)15-18-14(10-23-15)16(20)19(3)9-12-5-7-13(8-6-12)17(21)22-4/h5-8,10-11H,9H2,1-4H3. The zero-order chi connectivity index (χ0) is 17.0. The van der Waals surface area contributed by atoms with Gasteiger partial charge in [0, 0.05) is 24.9 Å². The van der Waals surface area contributed by atoms with E-state index in [-0.39, 0.29) is 11.9 Å². The van der Waals surface area contributed by atoms with Crippen LogP contribution in [-0.4, -0.2) is 35.9 Å². The summed E-state index contributed by atoms with van der Waals surface area (Å²) in [6, 6.07) is 7.02. The summed E-state index contributed by atoms with van der Waals surface area (Å²) in [5, 5.41) is 2.76. The molecule has 5 nitrogen and oxygen atoms in total. The van der Waals surface area contributed by atoms with Gasteiger partial charge in [0.2, 0.25) is 0 Å². The number of aromatic nitrogens is 1. The van der Waals surface area contributed by atoms with E-state index in [9.17, 15) is 9.59 Å². The van der Waals surface area contributed by atoms with Crippen LogP contribution < -0.4 is 0 Å². The number of esters is 1. The maximum Gasteiger partial charge on any atom is 0.337 e. The summed E-state index contributed by atoms with van der Waals surface area (Å²) >= 11 is 1.51. The van der Waals surface area contributed by atoms with Gasteiger partial charge in [-0.1, -0.05) is 26.0 Å². The van der Waals surface area contributed by atoms with E-state index < -0.39 is 0 Å². The predicted octanol–water partition coefficient (Wildman–Crippen LogP) is 3.33. The van der Waals surface area contributed by atoms with E-state index in [0.717, 1.165) is 10.6 Å². The van der Waals surface area contributed by atoms with Gasteiger partial charge < -0.3 is 9.64 Å². The average Bonchev–Trinajstić information content (AvgIpc) is 3.04. The second kappa shape index (κ2) is 7.37. The summed E-state index contributed by atoms with van der Waals surface area (Å²) in [7, 11) is 3.09. The third-order valence-electron chi connectivity index (χ3n) is 3.38. The Balaban J connectivity index is 2.04. The van der Waals surface area contributed by atoms with Crippen molar-refractivity contribution in [3.05, 3.63) is 51.5 Å². The molecule has 0 unspecified atom stereocenters. The minimum atomic E-state index is -0.371. The number of benzene rings is 1. The lowest BCUT2D eigenvalue weighted by atomic mass is 10.1. The molecule has 2 rings (SSSR count). The third kappa shape index (κ3) is 4.16. The van der Waals surface area contributed by atoms with Crippen LogP contribution in [0, 0.1) is 0 Å². The monoisotopic (exact) mass is 332 g/mol.